The Hall–Kier alpha value is -2.08. The first-order valence-electron chi connectivity index (χ1n) is 8.13. The van der Waals surface area contributed by atoms with Crippen LogP contribution in [0.5, 0.6) is 0 Å². The zero-order chi connectivity index (χ0) is 16.2. The van der Waals surface area contributed by atoms with Gasteiger partial charge in [0.25, 0.3) is 5.91 Å². The van der Waals surface area contributed by atoms with Crippen molar-refractivity contribution >= 4 is 17.5 Å². The maximum Gasteiger partial charge on any atom is 0.253 e. The van der Waals surface area contributed by atoms with E-state index in [2.05, 4.69) is 4.90 Å². The number of ether oxygens (including phenoxy) is 1. The maximum absolute atomic E-state index is 12.6. The average molecular weight is 317 g/mol. The fraction of sp³-hybridized carbons (Fsp3) is 0.529. The third-order valence-corrected chi connectivity index (χ3v) is 4.50. The average Bonchev–Trinajstić information content (AvgIpc) is 2.62. The van der Waals surface area contributed by atoms with Gasteiger partial charge >= 0.3 is 0 Å². The third kappa shape index (κ3) is 3.64. The van der Waals surface area contributed by atoms with Crippen LogP contribution in [0.4, 0.5) is 5.69 Å². The zero-order valence-corrected chi connectivity index (χ0v) is 13.5. The smallest absolute Gasteiger partial charge is 0.253 e. The van der Waals surface area contributed by atoms with Crippen molar-refractivity contribution in [2.45, 2.75) is 6.92 Å². The Labute approximate surface area is 136 Å². The Bertz CT molecular complexity index is 559. The monoisotopic (exact) mass is 317 g/mol. The van der Waals surface area contributed by atoms with Crippen LogP contribution in [-0.4, -0.2) is 74.1 Å². The van der Waals surface area contributed by atoms with Gasteiger partial charge in [0.2, 0.25) is 5.91 Å². The van der Waals surface area contributed by atoms with E-state index in [0.717, 1.165) is 32.0 Å². The number of nitrogens with zero attached hydrogens (tertiary/aromatic N) is 3. The minimum Gasteiger partial charge on any atom is -0.378 e. The fourth-order valence-electron chi connectivity index (χ4n) is 3.04. The lowest BCUT2D eigenvalue weighted by molar-refractivity contribution is -0.130. The molecule has 2 amide bonds. The van der Waals surface area contributed by atoms with Crippen LogP contribution in [0.3, 0.4) is 0 Å². The van der Waals surface area contributed by atoms with E-state index in [1.807, 2.05) is 29.2 Å². The molecular weight excluding hydrogens is 294 g/mol. The summed E-state index contributed by atoms with van der Waals surface area (Å²) in [4.78, 5) is 29.8. The van der Waals surface area contributed by atoms with Gasteiger partial charge in [-0.15, -0.1) is 0 Å². The molecule has 2 saturated heterocycles. The van der Waals surface area contributed by atoms with Gasteiger partial charge in [0.1, 0.15) is 0 Å². The highest BCUT2D eigenvalue weighted by Crippen LogP contribution is 2.18. The molecule has 0 atom stereocenters. The molecule has 0 aliphatic carbocycles. The van der Waals surface area contributed by atoms with E-state index in [-0.39, 0.29) is 11.8 Å². The molecule has 0 saturated carbocycles. The number of benzene rings is 1. The second-order valence-corrected chi connectivity index (χ2v) is 5.94. The Morgan fingerprint density at radius 1 is 0.870 bits per heavy atom. The molecule has 0 unspecified atom stereocenters. The van der Waals surface area contributed by atoms with Crippen molar-refractivity contribution in [3.63, 3.8) is 0 Å². The summed E-state index contributed by atoms with van der Waals surface area (Å²) in [6, 6.07) is 7.80. The minimum atomic E-state index is 0.0433. The Kier molecular flexibility index (Phi) is 4.81. The van der Waals surface area contributed by atoms with Gasteiger partial charge in [0.05, 0.1) is 13.2 Å². The lowest BCUT2D eigenvalue weighted by Crippen LogP contribution is -2.50. The molecule has 0 aromatic heterocycles. The van der Waals surface area contributed by atoms with E-state index in [1.165, 1.54) is 0 Å². The van der Waals surface area contributed by atoms with Crippen LogP contribution in [0.25, 0.3) is 0 Å². The first-order valence-corrected chi connectivity index (χ1v) is 8.13. The number of hydrogen-bond acceptors (Lipinski definition) is 4. The van der Waals surface area contributed by atoms with Gasteiger partial charge in [0, 0.05) is 57.4 Å². The van der Waals surface area contributed by atoms with Gasteiger partial charge < -0.3 is 19.4 Å². The van der Waals surface area contributed by atoms with Crippen molar-refractivity contribution in [1.29, 1.82) is 0 Å². The SMILES string of the molecule is CC(=O)N1CCN(C(=O)c2ccc(N3CCOCC3)cc2)CC1. The Morgan fingerprint density at radius 2 is 1.43 bits per heavy atom. The molecule has 0 N–H and O–H groups in total. The molecule has 0 radical (unpaired) electrons. The van der Waals surface area contributed by atoms with Crippen molar-refractivity contribution in [2.75, 3.05) is 57.4 Å². The van der Waals surface area contributed by atoms with E-state index in [0.29, 0.717) is 31.7 Å². The lowest BCUT2D eigenvalue weighted by Gasteiger charge is -2.34. The first-order chi connectivity index (χ1) is 11.1. The molecule has 6 nitrogen and oxygen atoms in total. The van der Waals surface area contributed by atoms with Crippen LogP contribution in [0.15, 0.2) is 24.3 Å². The number of hydrogen-bond donors (Lipinski definition) is 0. The summed E-state index contributed by atoms with van der Waals surface area (Å²) in [5.41, 5.74) is 1.84. The van der Waals surface area contributed by atoms with E-state index in [9.17, 15) is 9.59 Å². The summed E-state index contributed by atoms with van der Waals surface area (Å²) in [5, 5.41) is 0. The molecule has 2 aliphatic rings. The van der Waals surface area contributed by atoms with E-state index < -0.39 is 0 Å². The van der Waals surface area contributed by atoms with Crippen LogP contribution in [0.2, 0.25) is 0 Å². The van der Waals surface area contributed by atoms with Gasteiger partial charge in [-0.25, -0.2) is 0 Å². The summed E-state index contributed by atoms with van der Waals surface area (Å²) in [6.07, 6.45) is 0. The van der Waals surface area contributed by atoms with Crippen LogP contribution in [0.1, 0.15) is 17.3 Å². The largest absolute Gasteiger partial charge is 0.378 e. The van der Waals surface area contributed by atoms with Crippen LogP contribution >= 0.6 is 0 Å². The van der Waals surface area contributed by atoms with Gasteiger partial charge in [0.15, 0.2) is 0 Å². The molecule has 1 aromatic carbocycles. The summed E-state index contributed by atoms with van der Waals surface area (Å²) in [6.45, 7) is 7.29. The summed E-state index contributed by atoms with van der Waals surface area (Å²) in [5.74, 6) is 0.119. The highest BCUT2D eigenvalue weighted by molar-refractivity contribution is 5.94. The number of morpholine rings is 1. The zero-order valence-electron chi connectivity index (χ0n) is 13.5. The molecular formula is C17H23N3O3. The molecule has 2 heterocycles. The third-order valence-electron chi connectivity index (χ3n) is 4.50. The normalized spacial score (nSPS) is 18.9. The minimum absolute atomic E-state index is 0.0433. The van der Waals surface area contributed by atoms with Crippen molar-refractivity contribution in [3.8, 4) is 0 Å². The summed E-state index contributed by atoms with van der Waals surface area (Å²) < 4.78 is 5.36. The molecule has 3 rings (SSSR count). The molecule has 6 heteroatoms. The van der Waals surface area contributed by atoms with Crippen LogP contribution < -0.4 is 4.90 Å². The fourth-order valence-corrected chi connectivity index (χ4v) is 3.04. The Morgan fingerprint density at radius 3 is 2.00 bits per heavy atom. The predicted molar refractivity (Wildman–Crippen MR) is 87.6 cm³/mol. The predicted octanol–water partition coefficient (Wildman–Crippen LogP) is 0.827. The van der Waals surface area contributed by atoms with Crippen molar-refractivity contribution in [1.82, 2.24) is 9.80 Å². The second kappa shape index (κ2) is 7.00. The van der Waals surface area contributed by atoms with E-state index in [1.54, 1.807) is 11.8 Å². The van der Waals surface area contributed by atoms with E-state index >= 15 is 0 Å². The number of rotatable bonds is 2. The highest BCUT2D eigenvalue weighted by atomic mass is 16.5. The van der Waals surface area contributed by atoms with Crippen LogP contribution in [0, 0.1) is 0 Å². The molecule has 2 aliphatic heterocycles. The maximum atomic E-state index is 12.6. The molecule has 124 valence electrons. The number of piperazine rings is 1. The van der Waals surface area contributed by atoms with Crippen molar-refractivity contribution in [3.05, 3.63) is 29.8 Å². The lowest BCUT2D eigenvalue weighted by atomic mass is 10.1. The van der Waals surface area contributed by atoms with Gasteiger partial charge in [-0.1, -0.05) is 0 Å². The quantitative estimate of drug-likeness (QED) is 0.811. The summed E-state index contributed by atoms with van der Waals surface area (Å²) in [7, 11) is 0. The first kappa shape index (κ1) is 15.8. The summed E-state index contributed by atoms with van der Waals surface area (Å²) >= 11 is 0. The van der Waals surface area contributed by atoms with Crippen molar-refractivity contribution < 1.29 is 14.3 Å². The Balaban J connectivity index is 1.60. The topological polar surface area (TPSA) is 53.1 Å². The van der Waals surface area contributed by atoms with Gasteiger partial charge in [-0.05, 0) is 24.3 Å². The van der Waals surface area contributed by atoms with Crippen molar-refractivity contribution in [2.24, 2.45) is 0 Å². The number of carbonyl (C=O) groups excluding carboxylic acids is 2. The highest BCUT2D eigenvalue weighted by Gasteiger charge is 2.23. The molecule has 0 bridgehead atoms. The molecule has 2 fully saturated rings. The van der Waals surface area contributed by atoms with E-state index in [4.69, 9.17) is 4.74 Å². The van der Waals surface area contributed by atoms with Crippen LogP contribution in [-0.2, 0) is 9.53 Å². The molecule has 1 aromatic rings. The molecule has 0 spiro atoms. The number of anilines is 1. The number of amides is 2. The number of carbonyl (C=O) groups is 2. The van der Waals surface area contributed by atoms with Gasteiger partial charge in [-0.3, -0.25) is 9.59 Å². The van der Waals surface area contributed by atoms with Gasteiger partial charge in [-0.2, -0.15) is 0 Å². The standard InChI is InChI=1S/C17H23N3O3/c1-14(21)18-6-8-20(9-7-18)17(22)15-2-4-16(5-3-15)19-10-12-23-13-11-19/h2-5H,6-13H2,1H3. The molecule has 23 heavy (non-hydrogen) atoms. The second-order valence-electron chi connectivity index (χ2n) is 5.94.